The van der Waals surface area contributed by atoms with Crippen LogP contribution in [-0.4, -0.2) is 37.9 Å². The molecule has 0 aliphatic rings. The van der Waals surface area contributed by atoms with Crippen molar-refractivity contribution in [2.24, 2.45) is 0 Å². The second-order valence-corrected chi connectivity index (χ2v) is 9.95. The largest absolute Gasteiger partial charge is 0.350 e. The Morgan fingerprint density at radius 1 is 0.968 bits per heavy atom. The summed E-state index contributed by atoms with van der Waals surface area (Å²) in [6.45, 7) is 6.92. The molecule has 3 N–H and O–H groups in total. The number of hydrogen-bond acceptors (Lipinski definition) is 4. The van der Waals surface area contributed by atoms with E-state index in [9.17, 15) is 22.4 Å². The van der Waals surface area contributed by atoms with E-state index < -0.39 is 50.2 Å². The minimum atomic E-state index is -4.33. The van der Waals surface area contributed by atoms with E-state index in [-0.39, 0.29) is 6.42 Å². The van der Waals surface area contributed by atoms with Crippen molar-refractivity contribution < 1.29 is 22.4 Å². The van der Waals surface area contributed by atoms with Crippen LogP contribution in [0.1, 0.15) is 33.3 Å². The molecule has 9 heteroatoms. The quantitative estimate of drug-likeness (QED) is 0.574. The fraction of sp³-hybridized carbons (Fsp3) is 0.364. The van der Waals surface area contributed by atoms with Gasteiger partial charge in [0, 0.05) is 5.54 Å². The number of halogens is 1. The van der Waals surface area contributed by atoms with Crippen LogP contribution < -0.4 is 15.4 Å². The summed E-state index contributed by atoms with van der Waals surface area (Å²) in [5.74, 6) is -2.02. The Morgan fingerprint density at radius 3 is 2.13 bits per heavy atom. The van der Waals surface area contributed by atoms with Gasteiger partial charge in [0.05, 0.1) is 0 Å². The second-order valence-electron chi connectivity index (χ2n) is 8.26. The molecule has 0 spiro atoms. The highest BCUT2D eigenvalue weighted by atomic mass is 32.2. The number of sulfonamides is 1. The van der Waals surface area contributed by atoms with Gasteiger partial charge in [0.1, 0.15) is 22.8 Å². The van der Waals surface area contributed by atoms with E-state index in [1.807, 2.05) is 0 Å². The SMILES string of the molecule is CC(NC(=O)C(Cc1ccccc1)NS(=O)(=O)c1ccccc1F)C(=O)NC(C)(C)C. The monoisotopic (exact) mass is 449 g/mol. The van der Waals surface area contributed by atoms with Crippen molar-refractivity contribution in [3.63, 3.8) is 0 Å². The van der Waals surface area contributed by atoms with Gasteiger partial charge in [-0.05, 0) is 51.8 Å². The van der Waals surface area contributed by atoms with E-state index in [0.29, 0.717) is 5.56 Å². The highest BCUT2D eigenvalue weighted by Crippen LogP contribution is 2.15. The summed E-state index contributed by atoms with van der Waals surface area (Å²) in [7, 11) is -4.33. The Kier molecular flexibility index (Phi) is 7.91. The van der Waals surface area contributed by atoms with E-state index in [4.69, 9.17) is 0 Å². The summed E-state index contributed by atoms with van der Waals surface area (Å²) in [6.07, 6.45) is 0.0218. The molecule has 0 heterocycles. The van der Waals surface area contributed by atoms with Crippen LogP contribution in [0.4, 0.5) is 4.39 Å². The molecule has 0 bridgehead atoms. The highest BCUT2D eigenvalue weighted by Gasteiger charge is 2.30. The van der Waals surface area contributed by atoms with Gasteiger partial charge >= 0.3 is 0 Å². The third kappa shape index (κ3) is 7.45. The van der Waals surface area contributed by atoms with E-state index in [2.05, 4.69) is 15.4 Å². The number of rotatable bonds is 8. The van der Waals surface area contributed by atoms with Gasteiger partial charge in [0.25, 0.3) is 0 Å². The van der Waals surface area contributed by atoms with Crippen LogP contribution in [0.2, 0.25) is 0 Å². The Balaban J connectivity index is 2.25. The van der Waals surface area contributed by atoms with Crippen molar-refractivity contribution in [1.82, 2.24) is 15.4 Å². The molecule has 31 heavy (non-hydrogen) atoms. The Bertz CT molecular complexity index is 1020. The molecule has 2 rings (SSSR count). The average Bonchev–Trinajstić information content (AvgIpc) is 2.67. The van der Waals surface area contributed by atoms with Crippen LogP contribution in [0.3, 0.4) is 0 Å². The molecule has 0 radical (unpaired) electrons. The molecule has 0 aromatic heterocycles. The maximum Gasteiger partial charge on any atom is 0.244 e. The predicted molar refractivity (Wildman–Crippen MR) is 116 cm³/mol. The zero-order chi connectivity index (χ0) is 23.2. The van der Waals surface area contributed by atoms with E-state index >= 15 is 0 Å². The summed E-state index contributed by atoms with van der Waals surface area (Å²) < 4.78 is 41.9. The summed E-state index contributed by atoms with van der Waals surface area (Å²) >= 11 is 0. The lowest BCUT2D eigenvalue weighted by molar-refractivity contribution is -0.130. The molecule has 2 aromatic rings. The summed E-state index contributed by atoms with van der Waals surface area (Å²) in [5, 5.41) is 5.29. The van der Waals surface area contributed by atoms with Crippen molar-refractivity contribution in [1.29, 1.82) is 0 Å². The average molecular weight is 450 g/mol. The van der Waals surface area contributed by atoms with Crippen molar-refractivity contribution in [2.45, 2.75) is 56.6 Å². The van der Waals surface area contributed by atoms with Gasteiger partial charge in [-0.1, -0.05) is 42.5 Å². The number of carbonyl (C=O) groups is 2. The van der Waals surface area contributed by atoms with Crippen LogP contribution in [0, 0.1) is 5.82 Å². The minimum Gasteiger partial charge on any atom is -0.350 e. The highest BCUT2D eigenvalue weighted by molar-refractivity contribution is 7.89. The maximum atomic E-state index is 14.1. The van der Waals surface area contributed by atoms with Crippen LogP contribution in [0.5, 0.6) is 0 Å². The Morgan fingerprint density at radius 2 is 1.55 bits per heavy atom. The first-order valence-electron chi connectivity index (χ1n) is 9.82. The number of carbonyl (C=O) groups excluding carboxylic acids is 2. The molecule has 0 saturated carbocycles. The lowest BCUT2D eigenvalue weighted by atomic mass is 10.1. The molecule has 168 valence electrons. The fourth-order valence-corrected chi connectivity index (χ4v) is 4.08. The molecular weight excluding hydrogens is 421 g/mol. The van der Waals surface area contributed by atoms with Gasteiger partial charge in [0.2, 0.25) is 21.8 Å². The van der Waals surface area contributed by atoms with Crippen LogP contribution >= 0.6 is 0 Å². The maximum absolute atomic E-state index is 14.1. The third-order valence-corrected chi connectivity index (χ3v) is 5.78. The molecule has 2 amide bonds. The summed E-state index contributed by atoms with van der Waals surface area (Å²) in [6, 6.07) is 11.6. The molecule has 0 fully saturated rings. The minimum absolute atomic E-state index is 0.0218. The van der Waals surface area contributed by atoms with Crippen LogP contribution in [-0.2, 0) is 26.0 Å². The normalized spacial score (nSPS) is 13.8. The topological polar surface area (TPSA) is 104 Å². The first-order chi connectivity index (χ1) is 14.4. The van der Waals surface area contributed by atoms with Gasteiger partial charge in [0.15, 0.2) is 0 Å². The predicted octanol–water partition coefficient (Wildman–Crippen LogP) is 2.13. The van der Waals surface area contributed by atoms with E-state index in [1.165, 1.54) is 19.1 Å². The first kappa shape index (κ1) is 24.5. The molecule has 0 aliphatic carbocycles. The second kappa shape index (κ2) is 10.0. The van der Waals surface area contributed by atoms with Crippen molar-refractivity contribution in [3.8, 4) is 0 Å². The Labute approximate surface area is 182 Å². The Hall–Kier alpha value is -2.78. The molecule has 2 unspecified atom stereocenters. The standard InChI is InChI=1S/C22H28FN3O4S/c1-15(20(27)25-22(2,3)4)24-21(28)18(14-16-10-6-5-7-11-16)26-31(29,30)19-13-9-8-12-17(19)23/h5-13,15,18,26H,14H2,1-4H3,(H,24,28)(H,25,27). The smallest absolute Gasteiger partial charge is 0.244 e. The van der Waals surface area contributed by atoms with Crippen LogP contribution in [0.25, 0.3) is 0 Å². The number of amides is 2. The third-order valence-electron chi connectivity index (χ3n) is 4.27. The van der Waals surface area contributed by atoms with Crippen molar-refractivity contribution >= 4 is 21.8 Å². The first-order valence-corrected chi connectivity index (χ1v) is 11.3. The van der Waals surface area contributed by atoms with Gasteiger partial charge in [-0.15, -0.1) is 0 Å². The zero-order valence-electron chi connectivity index (χ0n) is 18.0. The van der Waals surface area contributed by atoms with Gasteiger partial charge in [-0.2, -0.15) is 4.72 Å². The lowest BCUT2D eigenvalue weighted by Gasteiger charge is -2.25. The lowest BCUT2D eigenvalue weighted by Crippen LogP contribution is -2.55. The van der Waals surface area contributed by atoms with Gasteiger partial charge in [-0.3, -0.25) is 9.59 Å². The van der Waals surface area contributed by atoms with Gasteiger partial charge in [-0.25, -0.2) is 12.8 Å². The molecule has 2 atom stereocenters. The number of hydrogen-bond donors (Lipinski definition) is 3. The summed E-state index contributed by atoms with van der Waals surface area (Å²) in [4.78, 5) is 24.7. The fourth-order valence-electron chi connectivity index (χ4n) is 2.81. The molecule has 2 aromatic carbocycles. The number of nitrogens with one attached hydrogen (secondary N) is 3. The number of benzene rings is 2. The molecule has 0 aliphatic heterocycles. The van der Waals surface area contributed by atoms with Crippen molar-refractivity contribution in [2.75, 3.05) is 0 Å². The molecule has 7 nitrogen and oxygen atoms in total. The van der Waals surface area contributed by atoms with E-state index in [1.54, 1.807) is 51.1 Å². The molecule has 0 saturated heterocycles. The van der Waals surface area contributed by atoms with Gasteiger partial charge < -0.3 is 10.6 Å². The summed E-state index contributed by atoms with van der Waals surface area (Å²) in [5.41, 5.74) is 0.206. The molecular formula is C22H28FN3O4S. The zero-order valence-corrected chi connectivity index (χ0v) is 18.8. The van der Waals surface area contributed by atoms with Crippen molar-refractivity contribution in [3.05, 3.63) is 66.0 Å². The van der Waals surface area contributed by atoms with E-state index in [0.717, 1.165) is 12.1 Å². The van der Waals surface area contributed by atoms with Crippen LogP contribution in [0.15, 0.2) is 59.5 Å².